The largest absolute Gasteiger partial charge is 0.349 e. The molecule has 0 saturated heterocycles. The normalized spacial score (nSPS) is 16.8. The van der Waals surface area contributed by atoms with Gasteiger partial charge in [0, 0.05) is 11.1 Å². The van der Waals surface area contributed by atoms with Crippen molar-refractivity contribution in [2.45, 2.75) is 38.1 Å². The van der Waals surface area contributed by atoms with Gasteiger partial charge in [0.05, 0.1) is 10.6 Å². The molecule has 0 spiro atoms. The summed E-state index contributed by atoms with van der Waals surface area (Å²) >= 11 is 11.9. The minimum absolute atomic E-state index is 0.121. The topological polar surface area (TPSA) is 29.1 Å². The summed E-state index contributed by atoms with van der Waals surface area (Å²) in [6.45, 7) is 0. The first kappa shape index (κ1) is 12.7. The monoisotopic (exact) mass is 271 g/mol. The van der Waals surface area contributed by atoms with E-state index < -0.39 is 0 Å². The molecule has 1 fully saturated rings. The average Bonchev–Trinajstić information content (AvgIpc) is 2.33. The first-order chi connectivity index (χ1) is 8.16. The maximum Gasteiger partial charge on any atom is 0.253 e. The lowest BCUT2D eigenvalue weighted by atomic mass is 9.95. The van der Waals surface area contributed by atoms with Crippen molar-refractivity contribution in [3.05, 3.63) is 33.8 Å². The molecule has 1 aromatic rings. The summed E-state index contributed by atoms with van der Waals surface area (Å²) in [6.07, 6.45) is 5.76. The molecular weight excluding hydrogens is 257 g/mol. The van der Waals surface area contributed by atoms with Crippen LogP contribution in [-0.2, 0) is 0 Å². The Morgan fingerprint density at radius 2 is 1.88 bits per heavy atom. The van der Waals surface area contributed by atoms with E-state index in [0.29, 0.717) is 15.6 Å². The van der Waals surface area contributed by atoms with Crippen molar-refractivity contribution >= 4 is 29.1 Å². The minimum Gasteiger partial charge on any atom is -0.349 e. The van der Waals surface area contributed by atoms with Gasteiger partial charge in [-0.2, -0.15) is 0 Å². The van der Waals surface area contributed by atoms with Gasteiger partial charge >= 0.3 is 0 Å². The van der Waals surface area contributed by atoms with E-state index in [9.17, 15) is 4.79 Å². The smallest absolute Gasteiger partial charge is 0.253 e. The number of nitrogens with one attached hydrogen (secondary N) is 1. The predicted molar refractivity (Wildman–Crippen MR) is 70.8 cm³/mol. The molecule has 0 heterocycles. The van der Waals surface area contributed by atoms with E-state index in [0.717, 1.165) is 12.8 Å². The van der Waals surface area contributed by atoms with Crippen molar-refractivity contribution in [2.75, 3.05) is 0 Å². The van der Waals surface area contributed by atoms with Crippen LogP contribution in [0.5, 0.6) is 0 Å². The third kappa shape index (κ3) is 3.36. The molecule has 0 atom stereocenters. The maximum absolute atomic E-state index is 12.0. The Labute approximate surface area is 111 Å². The number of halogens is 2. The molecule has 1 aromatic carbocycles. The first-order valence-corrected chi connectivity index (χ1v) is 6.68. The number of carbonyl (C=O) groups is 1. The predicted octanol–water partition coefficient (Wildman–Crippen LogP) is 4.06. The molecule has 0 aromatic heterocycles. The zero-order valence-electron chi connectivity index (χ0n) is 9.51. The summed E-state index contributed by atoms with van der Waals surface area (Å²) in [6, 6.07) is 5.23. The molecule has 1 aliphatic carbocycles. The number of rotatable bonds is 2. The summed E-state index contributed by atoms with van der Waals surface area (Å²) in [5.41, 5.74) is 0.463. The highest BCUT2D eigenvalue weighted by Gasteiger charge is 2.18. The van der Waals surface area contributed by atoms with Crippen LogP contribution in [0.3, 0.4) is 0 Å². The number of amides is 1. The SMILES string of the molecule is O=C(NC1CCCCC1)c1cc(Cl)ccc1Cl. The third-order valence-corrected chi connectivity index (χ3v) is 3.68. The molecule has 4 heteroatoms. The fourth-order valence-electron chi connectivity index (χ4n) is 2.18. The maximum atomic E-state index is 12.0. The van der Waals surface area contributed by atoms with Crippen LogP contribution in [0.1, 0.15) is 42.5 Å². The van der Waals surface area contributed by atoms with Gasteiger partial charge in [0.2, 0.25) is 0 Å². The summed E-state index contributed by atoms with van der Waals surface area (Å²) < 4.78 is 0. The van der Waals surface area contributed by atoms with Gasteiger partial charge in [0.1, 0.15) is 0 Å². The van der Waals surface area contributed by atoms with Crippen molar-refractivity contribution in [3.63, 3.8) is 0 Å². The fourth-order valence-corrected chi connectivity index (χ4v) is 2.56. The third-order valence-electron chi connectivity index (χ3n) is 3.11. The van der Waals surface area contributed by atoms with Crippen LogP contribution in [0.15, 0.2) is 18.2 Å². The van der Waals surface area contributed by atoms with Gasteiger partial charge in [-0.25, -0.2) is 0 Å². The second kappa shape index (κ2) is 5.74. The zero-order valence-corrected chi connectivity index (χ0v) is 11.0. The van der Waals surface area contributed by atoms with Gasteiger partial charge in [-0.15, -0.1) is 0 Å². The Kier molecular flexibility index (Phi) is 4.30. The standard InChI is InChI=1S/C13H15Cl2NO/c14-9-6-7-12(15)11(8-9)13(17)16-10-4-2-1-3-5-10/h6-8,10H,1-5H2,(H,16,17). The summed E-state index contributed by atoms with van der Waals surface area (Å²) in [5.74, 6) is -0.121. The van der Waals surface area contributed by atoms with Crippen LogP contribution in [0.4, 0.5) is 0 Å². The van der Waals surface area contributed by atoms with Crippen LogP contribution < -0.4 is 5.32 Å². The van der Waals surface area contributed by atoms with Crippen LogP contribution in [0.2, 0.25) is 10.0 Å². The van der Waals surface area contributed by atoms with Gasteiger partial charge < -0.3 is 5.32 Å². The molecular formula is C13H15Cl2NO. The van der Waals surface area contributed by atoms with Crippen LogP contribution in [0, 0.1) is 0 Å². The first-order valence-electron chi connectivity index (χ1n) is 5.93. The molecule has 2 rings (SSSR count). The number of hydrogen-bond acceptors (Lipinski definition) is 1. The van der Waals surface area contributed by atoms with Crippen molar-refractivity contribution in [1.29, 1.82) is 0 Å². The van der Waals surface area contributed by atoms with Crippen LogP contribution >= 0.6 is 23.2 Å². The average molecular weight is 272 g/mol. The lowest BCUT2D eigenvalue weighted by Gasteiger charge is -2.23. The van der Waals surface area contributed by atoms with Gasteiger partial charge in [-0.05, 0) is 31.0 Å². The van der Waals surface area contributed by atoms with E-state index >= 15 is 0 Å². The molecule has 1 amide bonds. The molecule has 92 valence electrons. The molecule has 1 aliphatic rings. The highest BCUT2D eigenvalue weighted by Crippen LogP contribution is 2.22. The van der Waals surface area contributed by atoms with Gasteiger partial charge in [-0.3, -0.25) is 4.79 Å². The van der Waals surface area contributed by atoms with Crippen LogP contribution in [0.25, 0.3) is 0 Å². The molecule has 0 radical (unpaired) electrons. The van der Waals surface area contributed by atoms with Crippen molar-refractivity contribution < 1.29 is 4.79 Å². The lowest BCUT2D eigenvalue weighted by Crippen LogP contribution is -2.36. The highest BCUT2D eigenvalue weighted by molar-refractivity contribution is 6.35. The summed E-state index contributed by atoms with van der Waals surface area (Å²) in [5, 5.41) is 4.00. The van der Waals surface area contributed by atoms with E-state index in [4.69, 9.17) is 23.2 Å². The van der Waals surface area contributed by atoms with Gasteiger partial charge in [0.15, 0.2) is 0 Å². The molecule has 17 heavy (non-hydrogen) atoms. The Morgan fingerprint density at radius 1 is 1.18 bits per heavy atom. The molecule has 1 saturated carbocycles. The van der Waals surface area contributed by atoms with Crippen molar-refractivity contribution in [2.24, 2.45) is 0 Å². The molecule has 1 N–H and O–H groups in total. The van der Waals surface area contributed by atoms with E-state index in [-0.39, 0.29) is 11.9 Å². The molecule has 0 aliphatic heterocycles. The quantitative estimate of drug-likeness (QED) is 0.864. The number of hydrogen-bond donors (Lipinski definition) is 1. The van der Waals surface area contributed by atoms with Crippen molar-refractivity contribution in [3.8, 4) is 0 Å². The molecule has 2 nitrogen and oxygen atoms in total. The summed E-state index contributed by atoms with van der Waals surface area (Å²) in [7, 11) is 0. The Balaban J connectivity index is 2.05. The van der Waals surface area contributed by atoms with E-state index in [1.54, 1.807) is 18.2 Å². The van der Waals surface area contributed by atoms with Gasteiger partial charge in [0.25, 0.3) is 5.91 Å². The van der Waals surface area contributed by atoms with Crippen molar-refractivity contribution in [1.82, 2.24) is 5.32 Å². The second-order valence-electron chi connectivity index (χ2n) is 4.43. The molecule has 0 unspecified atom stereocenters. The van der Waals surface area contributed by atoms with E-state index in [1.165, 1.54) is 19.3 Å². The fraction of sp³-hybridized carbons (Fsp3) is 0.462. The number of carbonyl (C=O) groups excluding carboxylic acids is 1. The Hall–Kier alpha value is -0.730. The zero-order chi connectivity index (χ0) is 12.3. The second-order valence-corrected chi connectivity index (χ2v) is 5.28. The lowest BCUT2D eigenvalue weighted by molar-refractivity contribution is 0.0928. The van der Waals surface area contributed by atoms with Crippen LogP contribution in [-0.4, -0.2) is 11.9 Å². The Bertz CT molecular complexity index is 414. The molecule has 0 bridgehead atoms. The van der Waals surface area contributed by atoms with E-state index in [2.05, 4.69) is 5.32 Å². The van der Waals surface area contributed by atoms with Gasteiger partial charge in [-0.1, -0.05) is 42.5 Å². The highest BCUT2D eigenvalue weighted by atomic mass is 35.5. The Morgan fingerprint density at radius 3 is 2.59 bits per heavy atom. The number of benzene rings is 1. The van der Waals surface area contributed by atoms with E-state index in [1.807, 2.05) is 0 Å². The summed E-state index contributed by atoms with van der Waals surface area (Å²) in [4.78, 5) is 12.0. The minimum atomic E-state index is -0.121.